The van der Waals surface area contributed by atoms with Gasteiger partial charge in [-0.1, -0.05) is 54.1 Å². The average Bonchev–Trinajstić information content (AvgIpc) is 2.48. The maximum absolute atomic E-state index is 5.51. The van der Waals surface area contributed by atoms with Crippen molar-refractivity contribution >= 4 is 16.8 Å². The fourth-order valence-corrected chi connectivity index (χ4v) is 2.84. The summed E-state index contributed by atoms with van der Waals surface area (Å²) in [5.74, 6) is 0. The van der Waals surface area contributed by atoms with E-state index in [9.17, 15) is 0 Å². The molecule has 20 heavy (non-hydrogen) atoms. The first-order valence-electron chi connectivity index (χ1n) is 7.29. The number of morpholine rings is 1. The molecular formula is C18H21NO. The van der Waals surface area contributed by atoms with E-state index >= 15 is 0 Å². The number of hydrogen-bond acceptors (Lipinski definition) is 2. The molecule has 1 unspecified atom stereocenters. The van der Waals surface area contributed by atoms with Crippen LogP contribution in [0.3, 0.4) is 0 Å². The minimum absolute atomic E-state index is 0.454. The van der Waals surface area contributed by atoms with Crippen LogP contribution in [-0.4, -0.2) is 25.8 Å². The van der Waals surface area contributed by atoms with Gasteiger partial charge in [-0.2, -0.15) is 0 Å². The number of nitrogens with one attached hydrogen (secondary N) is 1. The molecule has 1 fully saturated rings. The molecule has 0 radical (unpaired) electrons. The van der Waals surface area contributed by atoms with Gasteiger partial charge in [0.25, 0.3) is 0 Å². The molecule has 0 aliphatic carbocycles. The van der Waals surface area contributed by atoms with E-state index in [1.807, 2.05) is 0 Å². The Morgan fingerprint density at radius 3 is 2.95 bits per heavy atom. The fraction of sp³-hybridized carbons (Fsp3) is 0.333. The van der Waals surface area contributed by atoms with E-state index in [4.69, 9.17) is 4.74 Å². The minimum Gasteiger partial charge on any atom is -0.379 e. The van der Waals surface area contributed by atoms with Crippen LogP contribution in [0.1, 0.15) is 18.9 Å². The van der Waals surface area contributed by atoms with E-state index in [0.29, 0.717) is 6.04 Å². The maximum Gasteiger partial charge on any atom is 0.0623 e. The van der Waals surface area contributed by atoms with Gasteiger partial charge in [0.05, 0.1) is 13.2 Å². The highest BCUT2D eigenvalue weighted by Crippen LogP contribution is 2.22. The highest BCUT2D eigenvalue weighted by molar-refractivity contribution is 5.90. The Bertz CT molecular complexity index is 606. The highest BCUT2D eigenvalue weighted by atomic mass is 16.5. The van der Waals surface area contributed by atoms with E-state index in [0.717, 1.165) is 26.2 Å². The van der Waals surface area contributed by atoms with Crippen molar-refractivity contribution in [2.75, 3.05) is 19.8 Å². The molecule has 0 spiro atoms. The van der Waals surface area contributed by atoms with Crippen molar-refractivity contribution in [3.8, 4) is 0 Å². The topological polar surface area (TPSA) is 21.3 Å². The van der Waals surface area contributed by atoms with Crippen molar-refractivity contribution in [1.29, 1.82) is 0 Å². The van der Waals surface area contributed by atoms with E-state index in [2.05, 4.69) is 60.8 Å². The van der Waals surface area contributed by atoms with Crippen molar-refractivity contribution in [3.63, 3.8) is 0 Å². The van der Waals surface area contributed by atoms with Crippen LogP contribution in [0.4, 0.5) is 0 Å². The molecule has 1 aliphatic heterocycles. The lowest BCUT2D eigenvalue weighted by atomic mass is 10.00. The third kappa shape index (κ3) is 3.09. The Morgan fingerprint density at radius 1 is 1.25 bits per heavy atom. The molecule has 0 amide bonds. The summed E-state index contributed by atoms with van der Waals surface area (Å²) in [5.41, 5.74) is 2.70. The van der Waals surface area contributed by atoms with Gasteiger partial charge in [0.15, 0.2) is 0 Å². The molecule has 104 valence electrons. The number of ether oxygens (including phenoxy) is 1. The summed E-state index contributed by atoms with van der Waals surface area (Å²) < 4.78 is 5.51. The lowest BCUT2D eigenvalue weighted by Crippen LogP contribution is -2.41. The third-order valence-electron chi connectivity index (χ3n) is 3.79. The first kappa shape index (κ1) is 13.3. The summed E-state index contributed by atoms with van der Waals surface area (Å²) in [4.78, 5) is 0. The third-order valence-corrected chi connectivity index (χ3v) is 3.79. The summed E-state index contributed by atoms with van der Waals surface area (Å²) >= 11 is 0. The molecule has 0 saturated carbocycles. The summed E-state index contributed by atoms with van der Waals surface area (Å²) in [7, 11) is 0. The summed E-state index contributed by atoms with van der Waals surface area (Å²) in [6.07, 6.45) is 3.35. The predicted molar refractivity (Wildman–Crippen MR) is 84.8 cm³/mol. The second kappa shape index (κ2) is 6.21. The Morgan fingerprint density at radius 2 is 2.10 bits per heavy atom. The van der Waals surface area contributed by atoms with Crippen LogP contribution in [0, 0.1) is 0 Å². The lowest BCUT2D eigenvalue weighted by molar-refractivity contribution is 0.0771. The monoisotopic (exact) mass is 267 g/mol. The van der Waals surface area contributed by atoms with E-state index in [1.165, 1.54) is 21.9 Å². The van der Waals surface area contributed by atoms with Gasteiger partial charge in [-0.3, -0.25) is 0 Å². The van der Waals surface area contributed by atoms with E-state index < -0.39 is 0 Å². The van der Waals surface area contributed by atoms with Gasteiger partial charge in [-0.15, -0.1) is 0 Å². The van der Waals surface area contributed by atoms with Gasteiger partial charge < -0.3 is 10.1 Å². The normalized spacial score (nSPS) is 20.2. The predicted octanol–water partition coefficient (Wildman–Crippen LogP) is 3.62. The van der Waals surface area contributed by atoms with Gasteiger partial charge in [-0.05, 0) is 29.7 Å². The number of rotatable bonds is 3. The zero-order valence-corrected chi connectivity index (χ0v) is 11.9. The van der Waals surface area contributed by atoms with Crippen LogP contribution in [-0.2, 0) is 4.74 Å². The molecule has 2 heteroatoms. The minimum atomic E-state index is 0.454. The molecule has 1 aliphatic rings. The second-order valence-electron chi connectivity index (χ2n) is 5.49. The van der Waals surface area contributed by atoms with Crippen molar-refractivity contribution in [1.82, 2.24) is 5.32 Å². The van der Waals surface area contributed by atoms with Crippen molar-refractivity contribution in [2.24, 2.45) is 0 Å². The van der Waals surface area contributed by atoms with Crippen molar-refractivity contribution in [3.05, 3.63) is 53.6 Å². The standard InChI is InChI=1S/C18H21NO/c1-14(12-17-13-20-10-9-19-17)11-16-7-4-6-15-5-2-3-8-18(15)16/h2-8,11,17,19H,9-10,12-13H2,1H3/b14-11-. The number of fused-ring (bicyclic) bond motifs is 1. The van der Waals surface area contributed by atoms with Crippen molar-refractivity contribution in [2.45, 2.75) is 19.4 Å². The quantitative estimate of drug-likeness (QED) is 0.917. The largest absolute Gasteiger partial charge is 0.379 e. The molecule has 2 nitrogen and oxygen atoms in total. The first-order valence-corrected chi connectivity index (χ1v) is 7.29. The number of hydrogen-bond donors (Lipinski definition) is 1. The first-order chi connectivity index (χ1) is 9.83. The van der Waals surface area contributed by atoms with Crippen LogP contribution < -0.4 is 5.32 Å². The van der Waals surface area contributed by atoms with Gasteiger partial charge in [0.1, 0.15) is 0 Å². The zero-order valence-electron chi connectivity index (χ0n) is 11.9. The zero-order chi connectivity index (χ0) is 13.8. The summed E-state index contributed by atoms with van der Waals surface area (Å²) in [6, 6.07) is 15.5. The van der Waals surface area contributed by atoms with Crippen LogP contribution >= 0.6 is 0 Å². The van der Waals surface area contributed by atoms with Crippen molar-refractivity contribution < 1.29 is 4.74 Å². The molecule has 1 heterocycles. The van der Waals surface area contributed by atoms with Gasteiger partial charge in [0.2, 0.25) is 0 Å². The summed E-state index contributed by atoms with van der Waals surface area (Å²) in [5, 5.41) is 6.13. The molecule has 1 saturated heterocycles. The smallest absolute Gasteiger partial charge is 0.0623 e. The van der Waals surface area contributed by atoms with E-state index in [1.54, 1.807) is 0 Å². The maximum atomic E-state index is 5.51. The van der Waals surface area contributed by atoms with Crippen LogP contribution in [0.5, 0.6) is 0 Å². The van der Waals surface area contributed by atoms with Crippen LogP contribution in [0.2, 0.25) is 0 Å². The molecule has 3 rings (SSSR count). The second-order valence-corrected chi connectivity index (χ2v) is 5.49. The lowest BCUT2D eigenvalue weighted by Gasteiger charge is -2.24. The van der Waals surface area contributed by atoms with Gasteiger partial charge in [-0.25, -0.2) is 0 Å². The Labute approximate surface area is 120 Å². The molecule has 1 N–H and O–H groups in total. The molecule has 1 atom stereocenters. The molecule has 0 bridgehead atoms. The molecular weight excluding hydrogens is 246 g/mol. The summed E-state index contributed by atoms with van der Waals surface area (Å²) in [6.45, 7) is 4.83. The highest BCUT2D eigenvalue weighted by Gasteiger charge is 2.13. The average molecular weight is 267 g/mol. The SMILES string of the molecule is C/C(=C/c1cccc2ccccc12)CC1COCCN1. The van der Waals surface area contributed by atoms with Gasteiger partial charge in [0, 0.05) is 12.6 Å². The Balaban J connectivity index is 1.81. The van der Waals surface area contributed by atoms with E-state index in [-0.39, 0.29) is 0 Å². The molecule has 2 aromatic carbocycles. The fourth-order valence-electron chi connectivity index (χ4n) is 2.84. The molecule has 0 aromatic heterocycles. The Kier molecular flexibility index (Phi) is 4.14. The Hall–Kier alpha value is -1.64. The van der Waals surface area contributed by atoms with Crippen LogP contribution in [0.15, 0.2) is 48.0 Å². The molecule has 2 aromatic rings. The van der Waals surface area contributed by atoms with Crippen LogP contribution in [0.25, 0.3) is 16.8 Å². The number of benzene rings is 2. The van der Waals surface area contributed by atoms with Gasteiger partial charge >= 0.3 is 0 Å².